The summed E-state index contributed by atoms with van der Waals surface area (Å²) in [5, 5.41) is 10.1. The zero-order valence-corrected chi connectivity index (χ0v) is 18.5. The van der Waals surface area contributed by atoms with Crippen molar-refractivity contribution < 1.29 is 4.79 Å². The average Bonchev–Trinajstić information content (AvgIpc) is 3.65. The SMILES string of the molecule is CC(C1CC1)N(c1ccccc1)c1c(C(N)=O)nnc2cc(-c3ccccc3Cl)ccc12. The molecule has 6 heteroatoms. The molecule has 1 amide bonds. The molecule has 0 bridgehead atoms. The van der Waals surface area contributed by atoms with Gasteiger partial charge in [-0.15, -0.1) is 10.2 Å². The third-order valence-electron chi connectivity index (χ3n) is 6.14. The van der Waals surface area contributed by atoms with Crippen molar-refractivity contribution in [3.63, 3.8) is 0 Å². The third-order valence-corrected chi connectivity index (χ3v) is 6.47. The van der Waals surface area contributed by atoms with Crippen LogP contribution in [0.1, 0.15) is 30.3 Å². The zero-order valence-electron chi connectivity index (χ0n) is 17.7. The Bertz CT molecular complexity index is 1300. The summed E-state index contributed by atoms with van der Waals surface area (Å²) in [5.41, 5.74) is 10.2. The summed E-state index contributed by atoms with van der Waals surface area (Å²) >= 11 is 6.42. The number of carbonyl (C=O) groups excluding carboxylic acids is 1. The van der Waals surface area contributed by atoms with Crippen LogP contribution in [0.3, 0.4) is 0 Å². The third kappa shape index (κ3) is 3.69. The van der Waals surface area contributed by atoms with Crippen molar-refractivity contribution in [1.29, 1.82) is 0 Å². The van der Waals surface area contributed by atoms with Crippen molar-refractivity contribution in [2.75, 3.05) is 4.90 Å². The molecule has 5 rings (SSSR count). The molecule has 1 aliphatic carbocycles. The monoisotopic (exact) mass is 442 g/mol. The normalized spacial score (nSPS) is 14.3. The first-order valence-electron chi connectivity index (χ1n) is 10.7. The van der Waals surface area contributed by atoms with E-state index in [4.69, 9.17) is 17.3 Å². The molecule has 160 valence electrons. The van der Waals surface area contributed by atoms with Crippen LogP contribution in [0.25, 0.3) is 22.0 Å². The van der Waals surface area contributed by atoms with Crippen LogP contribution in [0.5, 0.6) is 0 Å². The topological polar surface area (TPSA) is 72.1 Å². The lowest BCUT2D eigenvalue weighted by atomic mass is 10.0. The number of nitrogens with zero attached hydrogens (tertiary/aromatic N) is 3. The van der Waals surface area contributed by atoms with Gasteiger partial charge in [0.2, 0.25) is 0 Å². The molecule has 1 atom stereocenters. The highest BCUT2D eigenvalue weighted by Gasteiger charge is 2.35. The van der Waals surface area contributed by atoms with Gasteiger partial charge in [-0.1, -0.05) is 54.1 Å². The van der Waals surface area contributed by atoms with Crippen LogP contribution in [-0.2, 0) is 0 Å². The van der Waals surface area contributed by atoms with Gasteiger partial charge in [0.15, 0.2) is 5.69 Å². The van der Waals surface area contributed by atoms with E-state index in [1.165, 1.54) is 12.8 Å². The Morgan fingerprint density at radius 2 is 1.75 bits per heavy atom. The Morgan fingerprint density at radius 1 is 1.03 bits per heavy atom. The first-order valence-corrected chi connectivity index (χ1v) is 11.1. The fourth-order valence-electron chi connectivity index (χ4n) is 4.31. The fourth-order valence-corrected chi connectivity index (χ4v) is 4.56. The predicted octanol–water partition coefficient (Wildman–Crippen LogP) is 5.99. The van der Waals surface area contributed by atoms with Crippen LogP contribution in [0.15, 0.2) is 72.8 Å². The molecule has 1 heterocycles. The summed E-state index contributed by atoms with van der Waals surface area (Å²) in [6, 6.07) is 23.9. The number of carbonyl (C=O) groups is 1. The summed E-state index contributed by atoms with van der Waals surface area (Å²) in [4.78, 5) is 14.6. The largest absolute Gasteiger partial charge is 0.364 e. The minimum absolute atomic E-state index is 0.180. The van der Waals surface area contributed by atoms with Crippen LogP contribution >= 0.6 is 11.6 Å². The van der Waals surface area contributed by atoms with E-state index in [9.17, 15) is 4.79 Å². The van der Waals surface area contributed by atoms with E-state index in [1.54, 1.807) is 0 Å². The van der Waals surface area contributed by atoms with Crippen LogP contribution in [0.2, 0.25) is 5.02 Å². The van der Waals surface area contributed by atoms with Crippen LogP contribution in [-0.4, -0.2) is 22.1 Å². The molecule has 0 saturated heterocycles. The van der Waals surface area contributed by atoms with Crippen molar-refractivity contribution in [3.8, 4) is 11.1 Å². The Balaban J connectivity index is 1.75. The highest BCUT2D eigenvalue weighted by molar-refractivity contribution is 6.33. The smallest absolute Gasteiger partial charge is 0.271 e. The predicted molar refractivity (Wildman–Crippen MR) is 129 cm³/mol. The Kier molecular flexibility index (Phi) is 5.27. The van der Waals surface area contributed by atoms with Gasteiger partial charge in [0.05, 0.1) is 11.2 Å². The molecule has 4 aromatic rings. The summed E-state index contributed by atoms with van der Waals surface area (Å²) in [7, 11) is 0. The second kappa shape index (κ2) is 8.24. The van der Waals surface area contributed by atoms with Crippen molar-refractivity contribution in [1.82, 2.24) is 10.2 Å². The van der Waals surface area contributed by atoms with E-state index >= 15 is 0 Å². The number of hydrogen-bond donors (Lipinski definition) is 1. The molecule has 1 saturated carbocycles. The maximum absolute atomic E-state index is 12.4. The number of nitrogens with two attached hydrogens (primary N) is 1. The van der Waals surface area contributed by atoms with Crippen molar-refractivity contribution in [3.05, 3.63) is 83.5 Å². The highest BCUT2D eigenvalue weighted by Crippen LogP contribution is 2.43. The summed E-state index contributed by atoms with van der Waals surface area (Å²) in [5.74, 6) is -0.0324. The number of halogens is 1. The quantitative estimate of drug-likeness (QED) is 0.398. The molecule has 32 heavy (non-hydrogen) atoms. The molecule has 1 aromatic heterocycles. The van der Waals surface area contributed by atoms with Crippen LogP contribution in [0, 0.1) is 5.92 Å². The first-order chi connectivity index (χ1) is 15.5. The van der Waals surface area contributed by atoms with Crippen molar-refractivity contribution in [2.45, 2.75) is 25.8 Å². The van der Waals surface area contributed by atoms with E-state index in [2.05, 4.69) is 22.0 Å². The average molecular weight is 443 g/mol. The lowest BCUT2D eigenvalue weighted by Crippen LogP contribution is -2.33. The minimum atomic E-state index is -0.589. The maximum atomic E-state index is 12.4. The van der Waals surface area contributed by atoms with Gasteiger partial charge in [0.25, 0.3) is 5.91 Å². The molecule has 1 fully saturated rings. The van der Waals surface area contributed by atoms with Crippen LogP contribution < -0.4 is 10.6 Å². The fraction of sp³-hybridized carbons (Fsp3) is 0.192. The van der Waals surface area contributed by atoms with Gasteiger partial charge in [-0.2, -0.15) is 0 Å². The Labute approximate surface area is 191 Å². The maximum Gasteiger partial charge on any atom is 0.271 e. The molecular weight excluding hydrogens is 420 g/mol. The molecule has 1 aliphatic rings. The minimum Gasteiger partial charge on any atom is -0.364 e. The van der Waals surface area contributed by atoms with E-state index in [0.717, 1.165) is 22.2 Å². The number of amides is 1. The van der Waals surface area contributed by atoms with Gasteiger partial charge < -0.3 is 10.6 Å². The van der Waals surface area contributed by atoms with E-state index in [1.807, 2.05) is 72.8 Å². The number of fused-ring (bicyclic) bond motifs is 1. The molecular formula is C26H23ClN4O. The second-order valence-electron chi connectivity index (χ2n) is 8.26. The summed E-state index contributed by atoms with van der Waals surface area (Å²) in [6.07, 6.45) is 2.34. The lowest BCUT2D eigenvalue weighted by Gasteiger charge is -2.33. The van der Waals surface area contributed by atoms with Gasteiger partial charge in [0.1, 0.15) is 0 Å². The molecule has 0 spiro atoms. The Hall–Kier alpha value is -3.44. The first kappa shape index (κ1) is 20.5. The molecule has 3 aromatic carbocycles. The molecule has 5 nitrogen and oxygen atoms in total. The number of para-hydroxylation sites is 1. The van der Waals surface area contributed by atoms with E-state index < -0.39 is 5.91 Å². The molecule has 0 aliphatic heterocycles. The summed E-state index contributed by atoms with van der Waals surface area (Å²) in [6.45, 7) is 2.19. The Morgan fingerprint density at radius 3 is 2.44 bits per heavy atom. The molecule has 0 radical (unpaired) electrons. The van der Waals surface area contributed by atoms with Crippen molar-refractivity contribution in [2.24, 2.45) is 11.7 Å². The lowest BCUT2D eigenvalue weighted by molar-refractivity contribution is 0.0995. The molecule has 1 unspecified atom stereocenters. The number of hydrogen-bond acceptors (Lipinski definition) is 4. The standard InChI is InChI=1S/C26H23ClN4O/c1-16(17-11-12-17)31(19-7-3-2-4-8-19)25-21-14-13-18(20-9-5-6-10-22(20)27)15-23(21)29-30-24(25)26(28)32/h2-10,13-17H,11-12H2,1H3,(H2,28,32). The number of anilines is 2. The van der Waals surface area contributed by atoms with Crippen molar-refractivity contribution >= 4 is 39.8 Å². The zero-order chi connectivity index (χ0) is 22.2. The molecule has 2 N–H and O–H groups in total. The number of rotatable bonds is 6. The van der Waals surface area contributed by atoms with Gasteiger partial charge in [-0.25, -0.2) is 0 Å². The van der Waals surface area contributed by atoms with E-state index in [0.29, 0.717) is 22.1 Å². The second-order valence-corrected chi connectivity index (χ2v) is 8.66. The number of primary amides is 1. The van der Waals surface area contributed by atoms with Gasteiger partial charge in [-0.05, 0) is 61.6 Å². The van der Waals surface area contributed by atoms with Crippen LogP contribution in [0.4, 0.5) is 11.4 Å². The summed E-state index contributed by atoms with van der Waals surface area (Å²) < 4.78 is 0. The van der Waals surface area contributed by atoms with Gasteiger partial charge >= 0.3 is 0 Å². The van der Waals surface area contributed by atoms with E-state index in [-0.39, 0.29) is 11.7 Å². The van der Waals surface area contributed by atoms with Gasteiger partial charge in [0, 0.05) is 27.7 Å². The number of aromatic nitrogens is 2. The van der Waals surface area contributed by atoms with Gasteiger partial charge in [-0.3, -0.25) is 4.79 Å². The number of benzene rings is 3. The highest BCUT2D eigenvalue weighted by atomic mass is 35.5.